The smallest absolute Gasteiger partial charge is 0.295 e. The second kappa shape index (κ2) is 10.3. The molecule has 0 aromatic heterocycles. The van der Waals surface area contributed by atoms with Crippen LogP contribution in [0.5, 0.6) is 17.2 Å². The zero-order chi connectivity index (χ0) is 24.9. The van der Waals surface area contributed by atoms with Crippen molar-refractivity contribution in [2.45, 2.75) is 12.5 Å². The first-order valence-corrected chi connectivity index (χ1v) is 11.2. The Hall–Kier alpha value is -4.26. The molecular weight excluding hydrogens is 446 g/mol. The molecule has 1 heterocycles. The second-order valence-corrected chi connectivity index (χ2v) is 8.07. The maximum atomic E-state index is 13.3. The third-order valence-corrected chi connectivity index (χ3v) is 6.12. The fourth-order valence-corrected chi connectivity index (χ4v) is 4.28. The molecule has 3 aromatic rings. The van der Waals surface area contributed by atoms with Crippen molar-refractivity contribution in [1.29, 1.82) is 0 Å². The lowest BCUT2D eigenvalue weighted by atomic mass is 9.95. The number of nitrogens with zero attached hydrogens (tertiary/aromatic N) is 1. The molecular formula is C28H27NO6. The van der Waals surface area contributed by atoms with Crippen LogP contribution in [0.3, 0.4) is 0 Å². The van der Waals surface area contributed by atoms with Gasteiger partial charge in [-0.2, -0.15) is 0 Å². The van der Waals surface area contributed by atoms with Crippen LogP contribution in [-0.2, 0) is 16.0 Å². The van der Waals surface area contributed by atoms with Crippen molar-refractivity contribution in [2.24, 2.45) is 0 Å². The molecule has 0 spiro atoms. The molecule has 180 valence electrons. The Morgan fingerprint density at radius 2 is 1.51 bits per heavy atom. The van der Waals surface area contributed by atoms with Gasteiger partial charge in [-0.1, -0.05) is 42.5 Å². The monoisotopic (exact) mass is 473 g/mol. The van der Waals surface area contributed by atoms with Crippen LogP contribution >= 0.6 is 0 Å². The summed E-state index contributed by atoms with van der Waals surface area (Å²) in [7, 11) is 4.58. The second-order valence-electron chi connectivity index (χ2n) is 8.07. The van der Waals surface area contributed by atoms with Gasteiger partial charge in [0.2, 0.25) is 0 Å². The van der Waals surface area contributed by atoms with Crippen LogP contribution in [0.1, 0.15) is 22.7 Å². The SMILES string of the molecule is COc1ccc(CCN2C(=O)C(=O)/C(=C(/O)c3cc(OC)ccc3OC)C2c2ccccc2)cc1. The first-order chi connectivity index (χ1) is 17.0. The number of benzene rings is 3. The van der Waals surface area contributed by atoms with Crippen LogP contribution in [0, 0.1) is 0 Å². The number of Topliss-reactive ketones (excluding diaryl/α,β-unsaturated/α-hetero) is 1. The molecule has 1 unspecified atom stereocenters. The van der Waals surface area contributed by atoms with E-state index < -0.39 is 17.7 Å². The van der Waals surface area contributed by atoms with Gasteiger partial charge in [-0.05, 0) is 47.9 Å². The molecule has 7 heteroatoms. The highest BCUT2D eigenvalue weighted by molar-refractivity contribution is 6.46. The van der Waals surface area contributed by atoms with Gasteiger partial charge < -0.3 is 24.2 Å². The van der Waals surface area contributed by atoms with E-state index in [9.17, 15) is 14.7 Å². The highest BCUT2D eigenvalue weighted by atomic mass is 16.5. The fourth-order valence-electron chi connectivity index (χ4n) is 4.28. The number of rotatable bonds is 8. The number of aliphatic hydroxyl groups excluding tert-OH is 1. The fraction of sp³-hybridized carbons (Fsp3) is 0.214. The lowest BCUT2D eigenvalue weighted by Gasteiger charge is -2.25. The van der Waals surface area contributed by atoms with E-state index in [1.165, 1.54) is 19.1 Å². The van der Waals surface area contributed by atoms with Crippen molar-refractivity contribution in [3.63, 3.8) is 0 Å². The number of carbonyl (C=O) groups excluding carboxylic acids is 2. The summed E-state index contributed by atoms with van der Waals surface area (Å²) in [5.41, 5.74) is 2.02. The van der Waals surface area contributed by atoms with Gasteiger partial charge in [0.1, 0.15) is 23.0 Å². The Balaban J connectivity index is 1.78. The van der Waals surface area contributed by atoms with Gasteiger partial charge in [0, 0.05) is 6.54 Å². The Morgan fingerprint density at radius 1 is 0.857 bits per heavy atom. The lowest BCUT2D eigenvalue weighted by Crippen LogP contribution is -2.31. The van der Waals surface area contributed by atoms with Crippen LogP contribution in [0.2, 0.25) is 0 Å². The summed E-state index contributed by atoms with van der Waals surface area (Å²) in [5.74, 6) is -0.116. The molecule has 3 aromatic carbocycles. The van der Waals surface area contributed by atoms with Crippen LogP contribution in [0.25, 0.3) is 5.76 Å². The van der Waals surface area contributed by atoms with Gasteiger partial charge in [-0.3, -0.25) is 9.59 Å². The zero-order valence-corrected chi connectivity index (χ0v) is 19.9. The number of likely N-dealkylation sites (tertiary alicyclic amines) is 1. The Morgan fingerprint density at radius 3 is 2.14 bits per heavy atom. The molecule has 0 saturated carbocycles. The van der Waals surface area contributed by atoms with Gasteiger partial charge in [0.25, 0.3) is 11.7 Å². The average molecular weight is 474 g/mol. The maximum absolute atomic E-state index is 13.3. The molecule has 1 aliphatic heterocycles. The summed E-state index contributed by atoms with van der Waals surface area (Å²) >= 11 is 0. The number of amides is 1. The third kappa shape index (κ3) is 4.71. The van der Waals surface area contributed by atoms with Gasteiger partial charge in [-0.15, -0.1) is 0 Å². The minimum atomic E-state index is -0.745. The minimum absolute atomic E-state index is 0.0162. The molecule has 1 amide bonds. The van der Waals surface area contributed by atoms with Crippen LogP contribution in [0.4, 0.5) is 0 Å². The quantitative estimate of drug-likeness (QED) is 0.297. The van der Waals surface area contributed by atoms with E-state index in [0.717, 1.165) is 16.9 Å². The van der Waals surface area contributed by atoms with E-state index in [4.69, 9.17) is 14.2 Å². The van der Waals surface area contributed by atoms with Crippen molar-refractivity contribution >= 4 is 17.4 Å². The van der Waals surface area contributed by atoms with Crippen LogP contribution in [-0.4, -0.2) is 49.6 Å². The predicted molar refractivity (Wildman–Crippen MR) is 132 cm³/mol. The minimum Gasteiger partial charge on any atom is -0.507 e. The largest absolute Gasteiger partial charge is 0.507 e. The van der Waals surface area contributed by atoms with Gasteiger partial charge in [-0.25, -0.2) is 0 Å². The summed E-state index contributed by atoms with van der Waals surface area (Å²) in [5, 5.41) is 11.4. The molecule has 7 nitrogen and oxygen atoms in total. The van der Waals surface area contributed by atoms with E-state index >= 15 is 0 Å². The number of hydrogen-bond acceptors (Lipinski definition) is 6. The zero-order valence-electron chi connectivity index (χ0n) is 19.9. The molecule has 1 atom stereocenters. The highest BCUT2D eigenvalue weighted by Crippen LogP contribution is 2.41. The van der Waals surface area contributed by atoms with Crippen molar-refractivity contribution in [3.8, 4) is 17.2 Å². The van der Waals surface area contributed by atoms with E-state index in [-0.39, 0.29) is 16.9 Å². The molecule has 1 saturated heterocycles. The Bertz CT molecular complexity index is 1250. The summed E-state index contributed by atoms with van der Waals surface area (Å²) in [6.45, 7) is 0.294. The van der Waals surface area contributed by atoms with Crippen molar-refractivity contribution in [2.75, 3.05) is 27.9 Å². The van der Waals surface area contributed by atoms with Crippen molar-refractivity contribution in [3.05, 3.63) is 95.1 Å². The molecule has 4 rings (SSSR count). The Labute approximate surface area is 204 Å². The first-order valence-electron chi connectivity index (χ1n) is 11.2. The predicted octanol–water partition coefficient (Wildman–Crippen LogP) is 4.38. The molecule has 1 fully saturated rings. The van der Waals surface area contributed by atoms with E-state index in [1.807, 2.05) is 54.6 Å². The van der Waals surface area contributed by atoms with E-state index in [1.54, 1.807) is 25.3 Å². The van der Waals surface area contributed by atoms with Gasteiger partial charge in [0.15, 0.2) is 0 Å². The molecule has 0 bridgehead atoms. The van der Waals surface area contributed by atoms with Crippen LogP contribution < -0.4 is 14.2 Å². The standard InChI is InChI=1S/C28H27NO6/c1-33-20-11-9-18(10-12-20)15-16-29-25(19-7-5-4-6-8-19)24(27(31)28(29)32)26(30)22-17-21(34-2)13-14-23(22)35-3/h4-14,17,25,30H,15-16H2,1-3H3/b26-24+. The van der Waals surface area contributed by atoms with Gasteiger partial charge in [0.05, 0.1) is 38.5 Å². The normalized spacial score (nSPS) is 16.9. The Kier molecular flexibility index (Phi) is 7.06. The molecule has 35 heavy (non-hydrogen) atoms. The molecule has 0 aliphatic carbocycles. The number of ketones is 1. The molecule has 1 aliphatic rings. The lowest BCUT2D eigenvalue weighted by molar-refractivity contribution is -0.139. The number of carbonyl (C=O) groups is 2. The summed E-state index contributed by atoms with van der Waals surface area (Å²) in [6, 6.07) is 21.0. The number of ether oxygens (including phenoxy) is 3. The molecule has 1 N–H and O–H groups in total. The van der Waals surface area contributed by atoms with Crippen molar-refractivity contribution in [1.82, 2.24) is 4.90 Å². The molecule has 0 radical (unpaired) electrons. The first kappa shape index (κ1) is 23.9. The highest BCUT2D eigenvalue weighted by Gasteiger charge is 2.46. The van der Waals surface area contributed by atoms with Crippen LogP contribution in [0.15, 0.2) is 78.4 Å². The van der Waals surface area contributed by atoms with E-state index in [0.29, 0.717) is 24.5 Å². The topological polar surface area (TPSA) is 85.3 Å². The summed E-state index contributed by atoms with van der Waals surface area (Å²) in [4.78, 5) is 28.0. The van der Waals surface area contributed by atoms with Gasteiger partial charge >= 0.3 is 0 Å². The summed E-state index contributed by atoms with van der Waals surface area (Å²) in [6.07, 6.45) is 0.531. The number of hydrogen-bond donors (Lipinski definition) is 1. The number of methoxy groups -OCH3 is 3. The average Bonchev–Trinajstić information content (AvgIpc) is 3.16. The number of aliphatic hydroxyl groups is 1. The van der Waals surface area contributed by atoms with E-state index in [2.05, 4.69) is 0 Å². The maximum Gasteiger partial charge on any atom is 0.295 e. The van der Waals surface area contributed by atoms with Crippen molar-refractivity contribution < 1.29 is 28.9 Å². The summed E-state index contributed by atoms with van der Waals surface area (Å²) < 4.78 is 15.9. The third-order valence-electron chi connectivity index (χ3n) is 6.12.